The summed E-state index contributed by atoms with van der Waals surface area (Å²) in [5.41, 5.74) is 12.8. The molecule has 0 saturated heterocycles. The van der Waals surface area contributed by atoms with Crippen LogP contribution < -0.4 is 11.1 Å². The van der Waals surface area contributed by atoms with Crippen LogP contribution in [0, 0.1) is 0 Å². The van der Waals surface area contributed by atoms with Gasteiger partial charge in [-0.25, -0.2) is 0 Å². The van der Waals surface area contributed by atoms with E-state index in [9.17, 15) is 4.79 Å². The summed E-state index contributed by atoms with van der Waals surface area (Å²) in [6, 6.07) is 7.70. The fourth-order valence-electron chi connectivity index (χ4n) is 3.75. The lowest BCUT2D eigenvalue weighted by Crippen LogP contribution is -2.22. The van der Waals surface area contributed by atoms with E-state index in [0.717, 1.165) is 23.4 Å². The van der Waals surface area contributed by atoms with Gasteiger partial charge < -0.3 is 16.0 Å². The van der Waals surface area contributed by atoms with Gasteiger partial charge in [0.1, 0.15) is 0 Å². The van der Waals surface area contributed by atoms with E-state index in [1.54, 1.807) is 6.07 Å². The molecule has 2 aliphatic rings. The number of anilines is 2. The Bertz CT molecular complexity index is 842. The molecule has 0 radical (unpaired) electrons. The summed E-state index contributed by atoms with van der Waals surface area (Å²) >= 11 is 0. The molecule has 23 heavy (non-hydrogen) atoms. The first-order valence-electron chi connectivity index (χ1n) is 8.09. The van der Waals surface area contributed by atoms with Crippen molar-refractivity contribution in [3.8, 4) is 0 Å². The molecule has 2 heterocycles. The van der Waals surface area contributed by atoms with Crippen molar-refractivity contribution in [1.82, 2.24) is 4.98 Å². The molecule has 0 atom stereocenters. The molecule has 2 aromatic rings. The number of nitrogens with one attached hydrogen (secondary N) is 2. The number of H-pyrrole nitrogens is 1. The van der Waals surface area contributed by atoms with E-state index in [-0.39, 0.29) is 11.3 Å². The second-order valence-corrected chi connectivity index (χ2v) is 7.17. The maximum absolute atomic E-state index is 12.3. The fraction of sp³-hybridized carbons (Fsp3) is 0.316. The topological polar surface area (TPSA) is 70.9 Å². The predicted molar refractivity (Wildman–Crippen MR) is 94.1 cm³/mol. The highest BCUT2D eigenvalue weighted by Gasteiger charge is 2.30. The number of aryl methyl sites for hydroxylation is 1. The lowest BCUT2D eigenvalue weighted by atomic mass is 9.75. The van der Waals surface area contributed by atoms with Gasteiger partial charge in [0.2, 0.25) is 0 Å². The van der Waals surface area contributed by atoms with Crippen LogP contribution in [0.3, 0.4) is 0 Å². The summed E-state index contributed by atoms with van der Waals surface area (Å²) in [4.78, 5) is 15.8. The van der Waals surface area contributed by atoms with Crippen molar-refractivity contribution in [2.45, 2.75) is 38.5 Å². The maximum Gasteiger partial charge on any atom is 0.256 e. The summed E-state index contributed by atoms with van der Waals surface area (Å²) in [5.74, 6) is -0.0718. The number of carbonyl (C=O) groups is 1. The number of aromatic nitrogens is 1. The number of fused-ring (bicyclic) bond motifs is 2. The number of rotatable bonds is 1. The highest BCUT2D eigenvalue weighted by molar-refractivity contribution is 6.35. The van der Waals surface area contributed by atoms with Gasteiger partial charge in [-0.2, -0.15) is 0 Å². The van der Waals surface area contributed by atoms with Crippen molar-refractivity contribution < 1.29 is 4.79 Å². The zero-order valence-electron chi connectivity index (χ0n) is 13.5. The van der Waals surface area contributed by atoms with Crippen LogP contribution in [0.4, 0.5) is 11.4 Å². The van der Waals surface area contributed by atoms with Gasteiger partial charge in [-0.15, -0.1) is 0 Å². The zero-order valence-corrected chi connectivity index (χ0v) is 13.5. The lowest BCUT2D eigenvalue weighted by Gasteiger charge is -2.29. The highest BCUT2D eigenvalue weighted by Crippen LogP contribution is 2.39. The molecule has 0 fully saturated rings. The minimum atomic E-state index is -0.0718. The molecular formula is C19H21N3O. The number of nitrogens with two attached hydrogens (primary N) is 1. The van der Waals surface area contributed by atoms with Gasteiger partial charge in [-0.05, 0) is 60.6 Å². The van der Waals surface area contributed by atoms with E-state index in [0.29, 0.717) is 11.3 Å². The van der Waals surface area contributed by atoms with E-state index in [2.05, 4.69) is 30.2 Å². The Labute approximate surface area is 135 Å². The molecule has 118 valence electrons. The molecule has 1 aliphatic carbocycles. The molecule has 0 saturated carbocycles. The molecule has 1 aromatic heterocycles. The average molecular weight is 307 g/mol. The molecule has 0 spiro atoms. The molecule has 4 N–H and O–H groups in total. The molecule has 1 aliphatic heterocycles. The SMILES string of the molecule is CC1(C)CCCc2[nH]c(C=C3C(=O)Nc4ccc(N)cc43)cc21. The lowest BCUT2D eigenvalue weighted by molar-refractivity contribution is -0.110. The second kappa shape index (κ2) is 4.75. The van der Waals surface area contributed by atoms with Crippen LogP contribution in [0.5, 0.6) is 0 Å². The Balaban J connectivity index is 1.79. The summed E-state index contributed by atoms with van der Waals surface area (Å²) < 4.78 is 0. The van der Waals surface area contributed by atoms with Crippen LogP contribution in [0.2, 0.25) is 0 Å². The van der Waals surface area contributed by atoms with Gasteiger partial charge in [-0.3, -0.25) is 4.79 Å². The number of amides is 1. The van der Waals surface area contributed by atoms with E-state index in [1.807, 2.05) is 18.2 Å². The second-order valence-electron chi connectivity index (χ2n) is 7.17. The molecular weight excluding hydrogens is 286 g/mol. The number of carbonyl (C=O) groups excluding carboxylic acids is 1. The van der Waals surface area contributed by atoms with Crippen molar-refractivity contribution in [3.63, 3.8) is 0 Å². The Morgan fingerprint density at radius 1 is 1.26 bits per heavy atom. The Morgan fingerprint density at radius 3 is 2.87 bits per heavy atom. The van der Waals surface area contributed by atoms with Gasteiger partial charge in [0.05, 0.1) is 5.57 Å². The molecule has 0 bridgehead atoms. The highest BCUT2D eigenvalue weighted by atomic mass is 16.2. The van der Waals surface area contributed by atoms with Crippen molar-refractivity contribution in [2.75, 3.05) is 11.1 Å². The number of benzene rings is 1. The predicted octanol–water partition coefficient (Wildman–Crippen LogP) is 3.70. The number of hydrogen-bond acceptors (Lipinski definition) is 2. The third-order valence-corrected chi connectivity index (χ3v) is 5.00. The summed E-state index contributed by atoms with van der Waals surface area (Å²) in [6.07, 6.45) is 5.43. The van der Waals surface area contributed by atoms with Crippen molar-refractivity contribution >= 4 is 28.9 Å². The Hall–Kier alpha value is -2.49. The summed E-state index contributed by atoms with van der Waals surface area (Å²) in [6.45, 7) is 4.57. The average Bonchev–Trinajstić information content (AvgIpc) is 3.02. The minimum absolute atomic E-state index is 0.0718. The van der Waals surface area contributed by atoms with Crippen LogP contribution >= 0.6 is 0 Å². The quantitative estimate of drug-likeness (QED) is 0.555. The van der Waals surface area contributed by atoms with Crippen molar-refractivity contribution in [2.24, 2.45) is 0 Å². The monoisotopic (exact) mass is 307 g/mol. The van der Waals surface area contributed by atoms with Crippen LogP contribution in [-0.4, -0.2) is 10.9 Å². The van der Waals surface area contributed by atoms with E-state index >= 15 is 0 Å². The van der Waals surface area contributed by atoms with Gasteiger partial charge in [-0.1, -0.05) is 13.8 Å². The van der Waals surface area contributed by atoms with E-state index in [4.69, 9.17) is 5.73 Å². The van der Waals surface area contributed by atoms with Crippen LogP contribution in [0.25, 0.3) is 11.6 Å². The summed E-state index contributed by atoms with van der Waals surface area (Å²) in [5, 5.41) is 2.90. The molecule has 0 unspecified atom stereocenters. The number of hydrogen-bond donors (Lipinski definition) is 3. The first kappa shape index (κ1) is 14.1. The van der Waals surface area contributed by atoms with Crippen molar-refractivity contribution in [3.05, 3.63) is 46.8 Å². The first-order chi connectivity index (χ1) is 10.9. The third-order valence-electron chi connectivity index (χ3n) is 5.00. The van der Waals surface area contributed by atoms with Crippen molar-refractivity contribution in [1.29, 1.82) is 0 Å². The standard InChI is InChI=1S/C19H21N3O/c1-19(2)7-3-4-17-15(19)10-12(21-17)9-14-13-8-11(20)5-6-16(13)22-18(14)23/h5-6,8-10,21H,3-4,7,20H2,1-2H3,(H,22,23). The van der Waals surface area contributed by atoms with Crippen LogP contribution in [0.15, 0.2) is 24.3 Å². The van der Waals surface area contributed by atoms with Gasteiger partial charge in [0.15, 0.2) is 0 Å². The maximum atomic E-state index is 12.3. The first-order valence-corrected chi connectivity index (χ1v) is 8.09. The van der Waals surface area contributed by atoms with Gasteiger partial charge in [0.25, 0.3) is 5.91 Å². The molecule has 4 nitrogen and oxygen atoms in total. The third kappa shape index (κ3) is 2.25. The van der Waals surface area contributed by atoms with Gasteiger partial charge >= 0.3 is 0 Å². The van der Waals surface area contributed by atoms with E-state index in [1.165, 1.54) is 24.1 Å². The number of nitrogen functional groups attached to an aromatic ring is 1. The minimum Gasteiger partial charge on any atom is -0.399 e. The Morgan fingerprint density at radius 2 is 2.09 bits per heavy atom. The largest absolute Gasteiger partial charge is 0.399 e. The normalized spacial score (nSPS) is 20.3. The zero-order chi connectivity index (χ0) is 16.2. The molecule has 1 aromatic carbocycles. The van der Waals surface area contributed by atoms with Crippen LogP contribution in [0.1, 0.15) is 49.2 Å². The molecule has 4 heteroatoms. The van der Waals surface area contributed by atoms with Gasteiger partial charge in [0, 0.05) is 28.3 Å². The Kier molecular flexibility index (Phi) is 2.92. The molecule has 4 rings (SSSR count). The number of aromatic amines is 1. The molecule has 1 amide bonds. The summed E-state index contributed by atoms with van der Waals surface area (Å²) in [7, 11) is 0. The fourth-order valence-corrected chi connectivity index (χ4v) is 3.75. The van der Waals surface area contributed by atoms with E-state index < -0.39 is 0 Å². The van der Waals surface area contributed by atoms with Crippen LogP contribution in [-0.2, 0) is 16.6 Å². The smallest absolute Gasteiger partial charge is 0.256 e.